The molecule has 0 fully saturated rings. The largest absolute Gasteiger partial charge is 0.477 e. The Bertz CT molecular complexity index is 658. The lowest BCUT2D eigenvalue weighted by atomic mass is 10.2. The molecule has 0 bridgehead atoms. The van der Waals surface area contributed by atoms with Crippen LogP contribution >= 0.6 is 0 Å². The van der Waals surface area contributed by atoms with Gasteiger partial charge in [0.25, 0.3) is 5.69 Å². The van der Waals surface area contributed by atoms with Crippen molar-refractivity contribution in [2.45, 2.75) is 26.3 Å². The molecule has 9 heteroatoms. The minimum atomic E-state index is -1.26. The number of carboxylic acids is 1. The predicted molar refractivity (Wildman–Crippen MR) is 65.5 cm³/mol. The summed E-state index contributed by atoms with van der Waals surface area (Å²) in [6, 6.07) is 0.988. The Balaban J connectivity index is 2.31. The highest BCUT2D eigenvalue weighted by Gasteiger charge is 2.20. The number of hydrogen-bond acceptors (Lipinski definition) is 6. The zero-order valence-corrected chi connectivity index (χ0v) is 10.8. The fraction of sp³-hybridized carbons (Fsp3) is 0.364. The number of aromatic nitrogens is 3. The molecule has 0 aliphatic rings. The maximum atomic E-state index is 11.1. The van der Waals surface area contributed by atoms with Crippen LogP contribution in [0.1, 0.15) is 42.0 Å². The molecule has 0 radical (unpaired) electrons. The average Bonchev–Trinajstić information content (AvgIpc) is 2.96. The molecular weight excluding hydrogens is 268 g/mol. The molecule has 0 saturated heterocycles. The summed E-state index contributed by atoms with van der Waals surface area (Å²) in [5.74, 6) is -0.493. The topological polar surface area (TPSA) is 124 Å². The number of nitro groups is 1. The Kier molecular flexibility index (Phi) is 3.51. The van der Waals surface area contributed by atoms with Gasteiger partial charge >= 0.3 is 5.97 Å². The van der Waals surface area contributed by atoms with Gasteiger partial charge in [-0.05, 0) is 0 Å². The van der Waals surface area contributed by atoms with Gasteiger partial charge in [-0.25, -0.2) is 4.79 Å². The molecule has 1 N–H and O–H groups in total. The molecule has 0 aliphatic heterocycles. The molecule has 0 aromatic carbocycles. The van der Waals surface area contributed by atoms with Crippen molar-refractivity contribution in [3.8, 4) is 0 Å². The molecule has 2 heterocycles. The second kappa shape index (κ2) is 5.11. The first-order chi connectivity index (χ1) is 9.38. The first kappa shape index (κ1) is 13.7. The van der Waals surface area contributed by atoms with E-state index in [-0.39, 0.29) is 29.7 Å². The van der Waals surface area contributed by atoms with Crippen molar-refractivity contribution in [3.05, 3.63) is 39.8 Å². The maximum absolute atomic E-state index is 11.1. The van der Waals surface area contributed by atoms with Crippen LogP contribution in [0.5, 0.6) is 0 Å². The van der Waals surface area contributed by atoms with E-state index in [4.69, 9.17) is 9.63 Å². The van der Waals surface area contributed by atoms with Crippen LogP contribution in [0.4, 0.5) is 5.69 Å². The van der Waals surface area contributed by atoms with Crippen LogP contribution < -0.4 is 0 Å². The Hall–Kier alpha value is -2.71. The zero-order chi connectivity index (χ0) is 14.9. The van der Waals surface area contributed by atoms with E-state index in [0.717, 1.165) is 12.3 Å². The molecule has 0 unspecified atom stereocenters. The number of carbonyl (C=O) groups is 1. The van der Waals surface area contributed by atoms with E-state index in [9.17, 15) is 14.9 Å². The normalized spacial score (nSPS) is 10.9. The lowest BCUT2D eigenvalue weighted by Gasteiger charge is -2.00. The second-order valence-corrected chi connectivity index (χ2v) is 4.47. The van der Waals surface area contributed by atoms with Gasteiger partial charge in [0.2, 0.25) is 5.89 Å². The highest BCUT2D eigenvalue weighted by molar-refractivity contribution is 5.86. The van der Waals surface area contributed by atoms with Gasteiger partial charge in [-0.2, -0.15) is 4.98 Å². The molecule has 0 atom stereocenters. The summed E-state index contributed by atoms with van der Waals surface area (Å²) in [6.45, 7) is 3.74. The maximum Gasteiger partial charge on any atom is 0.352 e. The van der Waals surface area contributed by atoms with Gasteiger partial charge in [-0.15, -0.1) is 0 Å². The lowest BCUT2D eigenvalue weighted by molar-refractivity contribution is -0.384. The number of aromatic carboxylic acids is 1. The molecule has 2 aromatic rings. The van der Waals surface area contributed by atoms with Crippen LogP contribution in [0.3, 0.4) is 0 Å². The van der Waals surface area contributed by atoms with Crippen molar-refractivity contribution in [1.29, 1.82) is 0 Å². The van der Waals surface area contributed by atoms with E-state index < -0.39 is 10.9 Å². The van der Waals surface area contributed by atoms with Crippen LogP contribution in [0.2, 0.25) is 0 Å². The summed E-state index contributed by atoms with van der Waals surface area (Å²) in [5, 5.41) is 23.5. The smallest absolute Gasteiger partial charge is 0.352 e. The fourth-order valence-corrected chi connectivity index (χ4v) is 1.62. The molecule has 0 spiro atoms. The minimum absolute atomic E-state index is 0.0325. The standard InChI is InChI=1S/C11H12N4O5/c1-6(2)10-12-9(20-13-10)5-14-4-7(15(18)19)3-8(14)11(16)17/h3-4,6H,5H2,1-2H3,(H,16,17). The van der Waals surface area contributed by atoms with Gasteiger partial charge in [-0.1, -0.05) is 19.0 Å². The van der Waals surface area contributed by atoms with Crippen molar-refractivity contribution in [2.24, 2.45) is 0 Å². The van der Waals surface area contributed by atoms with Crippen molar-refractivity contribution in [2.75, 3.05) is 0 Å². The molecule has 20 heavy (non-hydrogen) atoms. The van der Waals surface area contributed by atoms with E-state index in [1.165, 1.54) is 4.57 Å². The molecule has 9 nitrogen and oxygen atoms in total. The first-order valence-electron chi connectivity index (χ1n) is 5.78. The SMILES string of the molecule is CC(C)c1noc(Cn2cc([N+](=O)[O-])cc2C(=O)O)n1. The second-order valence-electron chi connectivity index (χ2n) is 4.47. The number of nitrogens with zero attached hydrogens (tertiary/aromatic N) is 4. The molecule has 0 saturated carbocycles. The van der Waals surface area contributed by atoms with Crippen molar-refractivity contribution < 1.29 is 19.3 Å². The Labute approximate surface area is 113 Å². The molecular formula is C11H12N4O5. The summed E-state index contributed by atoms with van der Waals surface area (Å²) in [7, 11) is 0. The van der Waals surface area contributed by atoms with Crippen molar-refractivity contribution in [3.63, 3.8) is 0 Å². The molecule has 0 amide bonds. The molecule has 106 valence electrons. The Morgan fingerprint density at radius 3 is 2.80 bits per heavy atom. The summed E-state index contributed by atoms with van der Waals surface area (Å²) in [5.41, 5.74) is -0.507. The van der Waals surface area contributed by atoms with Gasteiger partial charge in [0, 0.05) is 12.0 Å². The highest BCUT2D eigenvalue weighted by Crippen LogP contribution is 2.18. The third-order valence-corrected chi connectivity index (χ3v) is 2.62. The highest BCUT2D eigenvalue weighted by atomic mass is 16.6. The van der Waals surface area contributed by atoms with Gasteiger partial charge < -0.3 is 14.2 Å². The Morgan fingerprint density at radius 1 is 1.60 bits per heavy atom. The van der Waals surface area contributed by atoms with E-state index >= 15 is 0 Å². The summed E-state index contributed by atoms with van der Waals surface area (Å²) >= 11 is 0. The van der Waals surface area contributed by atoms with Gasteiger partial charge in [0.05, 0.1) is 11.1 Å². The molecule has 2 aromatic heterocycles. The van der Waals surface area contributed by atoms with E-state index in [0.29, 0.717) is 5.82 Å². The van der Waals surface area contributed by atoms with Gasteiger partial charge in [-0.3, -0.25) is 10.1 Å². The lowest BCUT2D eigenvalue weighted by Crippen LogP contribution is -2.08. The Morgan fingerprint density at radius 2 is 2.30 bits per heavy atom. The first-order valence-corrected chi connectivity index (χ1v) is 5.78. The van der Waals surface area contributed by atoms with Gasteiger partial charge in [0.15, 0.2) is 5.82 Å². The summed E-state index contributed by atoms with van der Waals surface area (Å²) < 4.78 is 6.18. The quantitative estimate of drug-likeness (QED) is 0.652. The van der Waals surface area contributed by atoms with Gasteiger partial charge in [0.1, 0.15) is 12.2 Å². The number of carboxylic acid groups (broad SMARTS) is 1. The number of rotatable bonds is 5. The zero-order valence-electron chi connectivity index (χ0n) is 10.8. The van der Waals surface area contributed by atoms with Crippen LogP contribution in [-0.4, -0.2) is 30.7 Å². The molecule has 0 aliphatic carbocycles. The van der Waals surface area contributed by atoms with E-state index in [1.807, 2.05) is 13.8 Å². The third kappa shape index (κ3) is 2.66. The minimum Gasteiger partial charge on any atom is -0.477 e. The summed E-state index contributed by atoms with van der Waals surface area (Å²) in [6.07, 6.45) is 1.13. The molecule has 2 rings (SSSR count). The summed E-state index contributed by atoms with van der Waals surface area (Å²) in [4.78, 5) is 25.2. The van der Waals surface area contributed by atoms with Crippen molar-refractivity contribution >= 4 is 11.7 Å². The monoisotopic (exact) mass is 280 g/mol. The predicted octanol–water partition coefficient (Wildman–Crippen LogP) is 1.65. The van der Waals surface area contributed by atoms with Crippen LogP contribution in [0, 0.1) is 10.1 Å². The fourth-order valence-electron chi connectivity index (χ4n) is 1.62. The number of hydrogen-bond donors (Lipinski definition) is 1. The third-order valence-electron chi connectivity index (χ3n) is 2.62. The van der Waals surface area contributed by atoms with Crippen molar-refractivity contribution in [1.82, 2.24) is 14.7 Å². The van der Waals surface area contributed by atoms with Crippen LogP contribution in [0.25, 0.3) is 0 Å². The average molecular weight is 280 g/mol. The van der Waals surface area contributed by atoms with E-state index in [1.54, 1.807) is 0 Å². The van der Waals surface area contributed by atoms with Crippen LogP contribution in [0.15, 0.2) is 16.8 Å². The van der Waals surface area contributed by atoms with E-state index in [2.05, 4.69) is 10.1 Å². The van der Waals surface area contributed by atoms with Crippen LogP contribution in [-0.2, 0) is 6.54 Å².